The highest BCUT2D eigenvalue weighted by Gasteiger charge is 2.40. The van der Waals surface area contributed by atoms with E-state index in [9.17, 15) is 4.79 Å². The SMILES string of the molecule is O=C(N[C@@H]1C[C@H]2CC[C@@H]1N2)c1ccc(-c2c(Cl)cccc2Cl)o1. The van der Waals surface area contributed by atoms with Gasteiger partial charge in [0.15, 0.2) is 5.76 Å². The van der Waals surface area contributed by atoms with E-state index in [1.807, 2.05) is 0 Å². The van der Waals surface area contributed by atoms with E-state index in [1.54, 1.807) is 30.3 Å². The number of carbonyl (C=O) groups is 1. The van der Waals surface area contributed by atoms with Gasteiger partial charge in [0, 0.05) is 18.1 Å². The number of hydrogen-bond acceptors (Lipinski definition) is 3. The van der Waals surface area contributed by atoms with E-state index in [1.165, 1.54) is 6.42 Å². The van der Waals surface area contributed by atoms with E-state index in [4.69, 9.17) is 27.6 Å². The third-order valence-electron chi connectivity index (χ3n) is 4.66. The summed E-state index contributed by atoms with van der Waals surface area (Å²) in [7, 11) is 0. The van der Waals surface area contributed by atoms with Crippen LogP contribution in [-0.4, -0.2) is 24.0 Å². The van der Waals surface area contributed by atoms with E-state index >= 15 is 0 Å². The van der Waals surface area contributed by atoms with E-state index < -0.39 is 0 Å². The van der Waals surface area contributed by atoms with Crippen molar-refractivity contribution in [1.82, 2.24) is 10.6 Å². The van der Waals surface area contributed by atoms with Crippen molar-refractivity contribution >= 4 is 29.1 Å². The monoisotopic (exact) mass is 350 g/mol. The second-order valence-corrected chi connectivity index (χ2v) is 6.94. The average molecular weight is 351 g/mol. The van der Waals surface area contributed by atoms with Crippen LogP contribution in [-0.2, 0) is 0 Å². The highest BCUT2D eigenvalue weighted by atomic mass is 35.5. The molecule has 2 aliphatic rings. The highest BCUT2D eigenvalue weighted by molar-refractivity contribution is 6.39. The average Bonchev–Trinajstić information content (AvgIpc) is 3.23. The van der Waals surface area contributed by atoms with Crippen LogP contribution in [0.2, 0.25) is 10.0 Å². The van der Waals surface area contributed by atoms with Gasteiger partial charge in [-0.1, -0.05) is 29.3 Å². The van der Waals surface area contributed by atoms with Crippen LogP contribution >= 0.6 is 23.2 Å². The summed E-state index contributed by atoms with van der Waals surface area (Å²) in [4.78, 5) is 12.4. The zero-order valence-corrected chi connectivity index (χ0v) is 13.8. The van der Waals surface area contributed by atoms with Gasteiger partial charge in [0.05, 0.1) is 15.6 Å². The molecule has 2 saturated heterocycles. The molecule has 1 amide bonds. The second-order valence-electron chi connectivity index (χ2n) is 6.12. The third-order valence-corrected chi connectivity index (χ3v) is 5.29. The Morgan fingerprint density at radius 3 is 2.61 bits per heavy atom. The smallest absolute Gasteiger partial charge is 0.287 e. The van der Waals surface area contributed by atoms with E-state index in [2.05, 4.69) is 10.6 Å². The molecule has 4 nitrogen and oxygen atoms in total. The largest absolute Gasteiger partial charge is 0.451 e. The summed E-state index contributed by atoms with van der Waals surface area (Å²) in [6.45, 7) is 0. The highest BCUT2D eigenvalue weighted by Crippen LogP contribution is 2.35. The molecule has 2 bridgehead atoms. The van der Waals surface area contributed by atoms with Crippen LogP contribution in [0.25, 0.3) is 11.3 Å². The fourth-order valence-electron chi connectivity index (χ4n) is 3.55. The maximum absolute atomic E-state index is 12.4. The fourth-order valence-corrected chi connectivity index (χ4v) is 4.13. The lowest BCUT2D eigenvalue weighted by Gasteiger charge is -2.20. The van der Waals surface area contributed by atoms with Gasteiger partial charge in [-0.15, -0.1) is 0 Å². The number of hydrogen-bond donors (Lipinski definition) is 2. The zero-order valence-electron chi connectivity index (χ0n) is 12.3. The maximum Gasteiger partial charge on any atom is 0.287 e. The van der Waals surface area contributed by atoms with Gasteiger partial charge >= 0.3 is 0 Å². The predicted molar refractivity (Wildman–Crippen MR) is 90.0 cm³/mol. The van der Waals surface area contributed by atoms with Crippen LogP contribution in [0.15, 0.2) is 34.7 Å². The molecule has 2 aliphatic heterocycles. The third kappa shape index (κ3) is 2.75. The Morgan fingerprint density at radius 2 is 1.96 bits per heavy atom. The van der Waals surface area contributed by atoms with Gasteiger partial charge in [-0.2, -0.15) is 0 Å². The summed E-state index contributed by atoms with van der Waals surface area (Å²) in [5.41, 5.74) is 0.608. The summed E-state index contributed by atoms with van der Waals surface area (Å²) < 4.78 is 5.68. The molecule has 2 fully saturated rings. The molecule has 1 aromatic carbocycles. The molecule has 4 rings (SSSR count). The molecule has 3 heterocycles. The van der Waals surface area contributed by atoms with E-state index in [0.29, 0.717) is 33.5 Å². The minimum absolute atomic E-state index is 0.179. The number of nitrogens with one attached hydrogen (secondary N) is 2. The van der Waals surface area contributed by atoms with Crippen LogP contribution in [0.4, 0.5) is 0 Å². The number of rotatable bonds is 3. The number of amides is 1. The zero-order chi connectivity index (χ0) is 16.0. The molecule has 0 spiro atoms. The minimum atomic E-state index is -0.196. The molecule has 0 saturated carbocycles. The minimum Gasteiger partial charge on any atom is -0.451 e. The maximum atomic E-state index is 12.4. The molecule has 2 aromatic rings. The molecule has 6 heteroatoms. The normalized spacial score (nSPS) is 25.7. The number of carbonyl (C=O) groups excluding carboxylic acids is 1. The Morgan fingerprint density at radius 1 is 1.17 bits per heavy atom. The van der Waals surface area contributed by atoms with Gasteiger partial charge in [-0.25, -0.2) is 0 Å². The Kier molecular flexibility index (Phi) is 3.84. The Labute approximate surface area is 144 Å². The van der Waals surface area contributed by atoms with Gasteiger partial charge < -0.3 is 15.1 Å². The van der Waals surface area contributed by atoms with Crippen molar-refractivity contribution in [2.24, 2.45) is 0 Å². The lowest BCUT2D eigenvalue weighted by molar-refractivity contribution is 0.0903. The Bertz CT molecular complexity index is 739. The van der Waals surface area contributed by atoms with Gasteiger partial charge in [0.1, 0.15) is 5.76 Å². The number of furan rings is 1. The quantitative estimate of drug-likeness (QED) is 0.883. The van der Waals surface area contributed by atoms with Gasteiger partial charge in [0.25, 0.3) is 5.91 Å². The second kappa shape index (κ2) is 5.86. The summed E-state index contributed by atoms with van der Waals surface area (Å²) in [5.74, 6) is 0.578. The van der Waals surface area contributed by atoms with Crippen LogP contribution in [0.1, 0.15) is 29.8 Å². The molecular weight excluding hydrogens is 335 g/mol. The van der Waals surface area contributed by atoms with Crippen molar-refractivity contribution in [2.45, 2.75) is 37.4 Å². The lowest BCUT2D eigenvalue weighted by Crippen LogP contribution is -2.42. The fraction of sp³-hybridized carbons (Fsp3) is 0.353. The van der Waals surface area contributed by atoms with E-state index in [-0.39, 0.29) is 17.7 Å². The molecule has 1 aromatic heterocycles. The molecule has 120 valence electrons. The number of halogens is 2. The van der Waals surface area contributed by atoms with Crippen molar-refractivity contribution in [3.63, 3.8) is 0 Å². The predicted octanol–water partition coefficient (Wildman–Crippen LogP) is 3.88. The molecular formula is C17H16Cl2N2O2. The van der Waals surface area contributed by atoms with Crippen molar-refractivity contribution in [3.05, 3.63) is 46.1 Å². The summed E-state index contributed by atoms with van der Waals surface area (Å²) in [6, 6.07) is 9.74. The summed E-state index contributed by atoms with van der Waals surface area (Å²) in [6.07, 6.45) is 3.31. The number of fused-ring (bicyclic) bond motifs is 2. The van der Waals surface area contributed by atoms with Crippen molar-refractivity contribution in [2.75, 3.05) is 0 Å². The first kappa shape index (κ1) is 15.1. The Hall–Kier alpha value is -1.49. The molecule has 3 atom stereocenters. The standard InChI is InChI=1S/C17H16Cl2N2O2/c18-10-2-1-3-11(19)16(10)14-6-7-15(23-14)17(22)21-13-8-9-4-5-12(13)20-9/h1-3,6-7,9,12-13,20H,4-5,8H2,(H,21,22)/t9-,12+,13-/m1/s1. The van der Waals surface area contributed by atoms with Crippen molar-refractivity contribution < 1.29 is 9.21 Å². The molecule has 0 radical (unpaired) electrons. The van der Waals surface area contributed by atoms with Gasteiger partial charge in [-0.3, -0.25) is 4.79 Å². The van der Waals surface area contributed by atoms with E-state index in [0.717, 1.165) is 12.8 Å². The van der Waals surface area contributed by atoms with Crippen molar-refractivity contribution in [1.29, 1.82) is 0 Å². The number of benzene rings is 1. The summed E-state index contributed by atoms with van der Waals surface area (Å²) in [5, 5.41) is 7.55. The van der Waals surface area contributed by atoms with Gasteiger partial charge in [0.2, 0.25) is 0 Å². The van der Waals surface area contributed by atoms with Crippen LogP contribution < -0.4 is 10.6 Å². The van der Waals surface area contributed by atoms with Gasteiger partial charge in [-0.05, 0) is 43.5 Å². The van der Waals surface area contributed by atoms with Crippen LogP contribution in [0, 0.1) is 0 Å². The first-order valence-electron chi connectivity index (χ1n) is 7.73. The Balaban J connectivity index is 1.52. The molecule has 2 N–H and O–H groups in total. The molecule has 0 unspecified atom stereocenters. The van der Waals surface area contributed by atoms with Crippen LogP contribution in [0.3, 0.4) is 0 Å². The topological polar surface area (TPSA) is 54.3 Å². The first-order chi connectivity index (χ1) is 11.1. The lowest BCUT2D eigenvalue weighted by atomic mass is 9.95. The molecule has 0 aliphatic carbocycles. The van der Waals surface area contributed by atoms with Crippen LogP contribution in [0.5, 0.6) is 0 Å². The first-order valence-corrected chi connectivity index (χ1v) is 8.48. The molecule has 23 heavy (non-hydrogen) atoms. The summed E-state index contributed by atoms with van der Waals surface area (Å²) >= 11 is 12.4. The van der Waals surface area contributed by atoms with Crippen molar-refractivity contribution in [3.8, 4) is 11.3 Å².